The lowest BCUT2D eigenvalue weighted by atomic mass is 10.2. The van der Waals surface area contributed by atoms with Crippen LogP contribution < -0.4 is 16.4 Å². The molecule has 2 aromatic carbocycles. The minimum Gasteiger partial charge on any atom is -0.398 e. The summed E-state index contributed by atoms with van der Waals surface area (Å²) in [4.78, 5) is 19.3. The maximum Gasteiger partial charge on any atom is 0.267 e. The molecule has 5 N–H and O–H groups in total. The van der Waals surface area contributed by atoms with Gasteiger partial charge in [0.2, 0.25) is 0 Å². The van der Waals surface area contributed by atoms with Crippen LogP contribution >= 0.6 is 11.6 Å². The van der Waals surface area contributed by atoms with Crippen molar-refractivity contribution in [2.24, 2.45) is 0 Å². The highest BCUT2D eigenvalue weighted by molar-refractivity contribution is 6.33. The van der Waals surface area contributed by atoms with Crippen molar-refractivity contribution in [3.63, 3.8) is 0 Å². The van der Waals surface area contributed by atoms with Gasteiger partial charge in [-0.1, -0.05) is 11.6 Å². The van der Waals surface area contributed by atoms with E-state index in [2.05, 4.69) is 20.6 Å². The summed E-state index contributed by atoms with van der Waals surface area (Å²) in [5, 5.41) is 15.1. The summed E-state index contributed by atoms with van der Waals surface area (Å²) < 4.78 is 0. The Kier molecular flexibility index (Phi) is 4.55. The second kappa shape index (κ2) is 6.95. The summed E-state index contributed by atoms with van der Waals surface area (Å²) in [7, 11) is 0. The molecule has 7 nitrogen and oxygen atoms in total. The Hall–Kier alpha value is -3.50. The molecule has 1 heterocycles. The highest BCUT2D eigenvalue weighted by Crippen LogP contribution is 2.23. The molecule has 0 fully saturated rings. The molecule has 0 spiro atoms. The van der Waals surface area contributed by atoms with Crippen LogP contribution in [-0.2, 0) is 4.79 Å². The molecule has 0 saturated heterocycles. The largest absolute Gasteiger partial charge is 0.398 e. The van der Waals surface area contributed by atoms with Crippen molar-refractivity contribution in [1.82, 2.24) is 9.97 Å². The third-order valence-electron chi connectivity index (χ3n) is 3.43. The maximum absolute atomic E-state index is 12.2. The SMILES string of the molecule is N#C/C(=C/Nc1ccc2nc[nH]c2c1)C(=O)Nc1ccc(N)c(Cl)c1. The Morgan fingerprint density at radius 1 is 1.28 bits per heavy atom. The molecule has 3 rings (SSSR count). The smallest absolute Gasteiger partial charge is 0.267 e. The molecule has 8 heteroatoms. The maximum atomic E-state index is 12.2. The van der Waals surface area contributed by atoms with Gasteiger partial charge in [0, 0.05) is 17.6 Å². The lowest BCUT2D eigenvalue weighted by molar-refractivity contribution is -0.112. The fourth-order valence-electron chi connectivity index (χ4n) is 2.13. The predicted molar refractivity (Wildman–Crippen MR) is 97.9 cm³/mol. The van der Waals surface area contributed by atoms with E-state index >= 15 is 0 Å². The number of imidazole rings is 1. The number of nitriles is 1. The quantitative estimate of drug-likeness (QED) is 0.326. The van der Waals surface area contributed by atoms with Gasteiger partial charge >= 0.3 is 0 Å². The molecule has 0 unspecified atom stereocenters. The summed E-state index contributed by atoms with van der Waals surface area (Å²) in [5.74, 6) is -0.557. The summed E-state index contributed by atoms with van der Waals surface area (Å²) in [5.41, 5.74) is 8.78. The van der Waals surface area contributed by atoms with Crippen molar-refractivity contribution >= 4 is 45.6 Å². The minimum absolute atomic E-state index is 0.0855. The molecule has 124 valence electrons. The number of rotatable bonds is 4. The van der Waals surface area contributed by atoms with Crippen LogP contribution in [-0.4, -0.2) is 15.9 Å². The number of nitrogen functional groups attached to an aromatic ring is 1. The number of benzene rings is 2. The summed E-state index contributed by atoms with van der Waals surface area (Å²) in [6.45, 7) is 0. The summed E-state index contributed by atoms with van der Waals surface area (Å²) in [6.07, 6.45) is 2.93. The van der Waals surface area contributed by atoms with Crippen molar-refractivity contribution in [2.45, 2.75) is 0 Å². The van der Waals surface area contributed by atoms with Gasteiger partial charge in [-0.3, -0.25) is 4.79 Å². The number of hydrogen-bond acceptors (Lipinski definition) is 5. The lowest BCUT2D eigenvalue weighted by Gasteiger charge is -2.07. The summed E-state index contributed by atoms with van der Waals surface area (Å²) >= 11 is 5.91. The molecule has 1 aromatic heterocycles. The Bertz CT molecular complexity index is 1020. The van der Waals surface area contributed by atoms with Crippen LogP contribution in [0.15, 0.2) is 54.5 Å². The fourth-order valence-corrected chi connectivity index (χ4v) is 2.31. The van der Waals surface area contributed by atoms with E-state index < -0.39 is 5.91 Å². The first kappa shape index (κ1) is 16.4. The molecule has 0 aliphatic rings. The number of nitrogens with one attached hydrogen (secondary N) is 3. The number of H-pyrrole nitrogens is 1. The van der Waals surface area contributed by atoms with E-state index in [-0.39, 0.29) is 5.57 Å². The van der Waals surface area contributed by atoms with Gasteiger partial charge in [0.15, 0.2) is 0 Å². The number of carbonyl (C=O) groups excluding carboxylic acids is 1. The van der Waals surface area contributed by atoms with Crippen LogP contribution in [0.25, 0.3) is 11.0 Å². The first-order chi connectivity index (χ1) is 12.1. The first-order valence-electron chi connectivity index (χ1n) is 7.23. The number of fused-ring (bicyclic) bond motifs is 1. The van der Waals surface area contributed by atoms with E-state index in [4.69, 9.17) is 17.3 Å². The average molecular weight is 353 g/mol. The normalized spacial score (nSPS) is 11.1. The van der Waals surface area contributed by atoms with Crippen LogP contribution in [0.4, 0.5) is 17.1 Å². The van der Waals surface area contributed by atoms with E-state index in [0.717, 1.165) is 11.0 Å². The van der Waals surface area contributed by atoms with Crippen LogP contribution in [0.3, 0.4) is 0 Å². The van der Waals surface area contributed by atoms with E-state index in [1.807, 2.05) is 18.2 Å². The van der Waals surface area contributed by atoms with Gasteiger partial charge in [0.25, 0.3) is 5.91 Å². The highest BCUT2D eigenvalue weighted by atomic mass is 35.5. The van der Waals surface area contributed by atoms with Crippen molar-refractivity contribution < 1.29 is 4.79 Å². The number of hydrogen-bond donors (Lipinski definition) is 4. The van der Waals surface area contributed by atoms with Gasteiger partial charge in [-0.15, -0.1) is 0 Å². The van der Waals surface area contributed by atoms with Crippen molar-refractivity contribution in [3.05, 3.63) is 59.5 Å². The predicted octanol–water partition coefficient (Wildman–Crippen LogP) is 3.26. The number of halogens is 1. The second-order valence-electron chi connectivity index (χ2n) is 5.14. The fraction of sp³-hybridized carbons (Fsp3) is 0. The zero-order valence-electron chi connectivity index (χ0n) is 12.9. The number of nitrogens with zero attached hydrogens (tertiary/aromatic N) is 2. The van der Waals surface area contributed by atoms with Crippen LogP contribution in [0.5, 0.6) is 0 Å². The van der Waals surface area contributed by atoms with Gasteiger partial charge in [0.1, 0.15) is 11.6 Å². The summed E-state index contributed by atoms with van der Waals surface area (Å²) in [6, 6.07) is 12.0. The molecular weight excluding hydrogens is 340 g/mol. The van der Waals surface area contributed by atoms with E-state index in [0.29, 0.717) is 22.1 Å². The molecule has 1 amide bonds. The van der Waals surface area contributed by atoms with Crippen molar-refractivity contribution in [1.29, 1.82) is 5.26 Å². The monoisotopic (exact) mass is 352 g/mol. The number of aromatic nitrogens is 2. The topological polar surface area (TPSA) is 120 Å². The van der Waals surface area contributed by atoms with Gasteiger partial charge < -0.3 is 21.4 Å². The zero-order valence-corrected chi connectivity index (χ0v) is 13.6. The van der Waals surface area contributed by atoms with Crippen molar-refractivity contribution in [3.8, 4) is 6.07 Å². The van der Waals surface area contributed by atoms with Crippen molar-refractivity contribution in [2.75, 3.05) is 16.4 Å². The minimum atomic E-state index is -0.557. The molecule has 3 aromatic rings. The van der Waals surface area contributed by atoms with E-state index in [9.17, 15) is 10.1 Å². The number of anilines is 3. The Labute approximate surface area is 148 Å². The van der Waals surface area contributed by atoms with Gasteiger partial charge in [-0.05, 0) is 36.4 Å². The third kappa shape index (κ3) is 3.71. The Morgan fingerprint density at radius 3 is 2.84 bits per heavy atom. The standard InChI is InChI=1S/C17H13ClN6O/c18-13-5-12(1-3-14(13)20)24-17(25)10(7-19)8-21-11-2-4-15-16(6-11)23-9-22-15/h1-6,8-9,21H,20H2,(H,22,23)(H,24,25)/b10-8-. The zero-order chi connectivity index (χ0) is 17.8. The van der Waals surface area contributed by atoms with Gasteiger partial charge in [0.05, 0.1) is 28.1 Å². The van der Waals surface area contributed by atoms with E-state index in [1.165, 1.54) is 12.3 Å². The van der Waals surface area contributed by atoms with E-state index in [1.54, 1.807) is 24.5 Å². The number of aromatic amines is 1. The van der Waals surface area contributed by atoms with Crippen LogP contribution in [0.2, 0.25) is 5.02 Å². The highest BCUT2D eigenvalue weighted by Gasteiger charge is 2.10. The Morgan fingerprint density at radius 2 is 2.08 bits per heavy atom. The van der Waals surface area contributed by atoms with Crippen LogP contribution in [0, 0.1) is 11.3 Å². The number of carbonyl (C=O) groups is 1. The molecule has 0 saturated carbocycles. The second-order valence-corrected chi connectivity index (χ2v) is 5.55. The lowest BCUT2D eigenvalue weighted by Crippen LogP contribution is -2.14. The van der Waals surface area contributed by atoms with Gasteiger partial charge in [-0.25, -0.2) is 4.98 Å². The third-order valence-corrected chi connectivity index (χ3v) is 3.75. The molecule has 0 atom stereocenters. The molecule has 25 heavy (non-hydrogen) atoms. The molecule has 0 aliphatic carbocycles. The molecule has 0 radical (unpaired) electrons. The van der Waals surface area contributed by atoms with Gasteiger partial charge in [-0.2, -0.15) is 5.26 Å². The molecule has 0 bridgehead atoms. The molecular formula is C17H13ClN6O. The number of amides is 1. The number of nitrogens with two attached hydrogens (primary N) is 1. The Balaban J connectivity index is 1.73. The molecule has 0 aliphatic heterocycles. The first-order valence-corrected chi connectivity index (χ1v) is 7.61. The average Bonchev–Trinajstić information content (AvgIpc) is 3.06. The van der Waals surface area contributed by atoms with Crippen LogP contribution in [0.1, 0.15) is 0 Å².